The van der Waals surface area contributed by atoms with Crippen LogP contribution in [0.2, 0.25) is 0 Å². The largest absolute Gasteiger partial charge is 0.357 e. The number of hydrogen-bond donors (Lipinski definition) is 3. The second-order valence-electron chi connectivity index (χ2n) is 6.20. The molecule has 0 saturated heterocycles. The summed E-state index contributed by atoms with van der Waals surface area (Å²) in [7, 11) is 0. The van der Waals surface area contributed by atoms with Gasteiger partial charge in [0.25, 0.3) is 0 Å². The third kappa shape index (κ3) is 5.51. The van der Waals surface area contributed by atoms with Gasteiger partial charge in [0, 0.05) is 19.0 Å². The standard InChI is InChI=1S/C18H27FN4O/c1-4-20-18(22-10-9-21-17(24)14-7-8-14)23-13(3)15-6-5-12(2)16(19)11-15/h5-6,11,13-14H,4,7-10H2,1-3H3,(H,21,24)(H2,20,22,23). The highest BCUT2D eigenvalue weighted by molar-refractivity contribution is 5.81. The fourth-order valence-electron chi connectivity index (χ4n) is 2.32. The summed E-state index contributed by atoms with van der Waals surface area (Å²) in [4.78, 5) is 16.0. The maximum atomic E-state index is 13.7. The van der Waals surface area contributed by atoms with Gasteiger partial charge in [0.05, 0.1) is 12.6 Å². The third-order valence-corrected chi connectivity index (χ3v) is 4.02. The molecule has 1 aliphatic carbocycles. The van der Waals surface area contributed by atoms with Gasteiger partial charge in [0.2, 0.25) is 5.91 Å². The van der Waals surface area contributed by atoms with Crippen molar-refractivity contribution in [3.8, 4) is 0 Å². The molecule has 0 bridgehead atoms. The molecule has 132 valence electrons. The van der Waals surface area contributed by atoms with Crippen molar-refractivity contribution in [3.63, 3.8) is 0 Å². The number of carbonyl (C=O) groups excluding carboxylic acids is 1. The summed E-state index contributed by atoms with van der Waals surface area (Å²) in [5, 5.41) is 9.32. The fraction of sp³-hybridized carbons (Fsp3) is 0.556. The van der Waals surface area contributed by atoms with Gasteiger partial charge in [-0.05, 0) is 50.8 Å². The number of guanidine groups is 1. The van der Waals surface area contributed by atoms with Crippen molar-refractivity contribution in [2.24, 2.45) is 10.9 Å². The van der Waals surface area contributed by atoms with Crippen LogP contribution in [0, 0.1) is 18.7 Å². The molecule has 1 aliphatic rings. The Hall–Kier alpha value is -2.11. The van der Waals surface area contributed by atoms with Crippen molar-refractivity contribution in [1.82, 2.24) is 16.0 Å². The van der Waals surface area contributed by atoms with Crippen LogP contribution in [-0.4, -0.2) is 31.5 Å². The van der Waals surface area contributed by atoms with Gasteiger partial charge in [0.1, 0.15) is 5.82 Å². The van der Waals surface area contributed by atoms with Crippen LogP contribution in [0.1, 0.15) is 43.9 Å². The summed E-state index contributed by atoms with van der Waals surface area (Å²) in [5.41, 5.74) is 1.50. The molecule has 0 heterocycles. The Morgan fingerprint density at radius 3 is 2.75 bits per heavy atom. The van der Waals surface area contributed by atoms with E-state index < -0.39 is 0 Å². The summed E-state index contributed by atoms with van der Waals surface area (Å²) in [6.45, 7) is 7.46. The molecule has 0 spiro atoms. The molecule has 0 radical (unpaired) electrons. The zero-order chi connectivity index (χ0) is 17.5. The molecular weight excluding hydrogens is 307 g/mol. The number of aryl methyl sites for hydroxylation is 1. The summed E-state index contributed by atoms with van der Waals surface area (Å²) in [6, 6.07) is 5.17. The molecule has 24 heavy (non-hydrogen) atoms. The van der Waals surface area contributed by atoms with E-state index in [0.29, 0.717) is 24.6 Å². The second kappa shape index (κ2) is 8.66. The topological polar surface area (TPSA) is 65.5 Å². The summed E-state index contributed by atoms with van der Waals surface area (Å²) in [6.07, 6.45) is 2.01. The van der Waals surface area contributed by atoms with E-state index in [1.54, 1.807) is 19.1 Å². The molecule has 5 nitrogen and oxygen atoms in total. The average molecular weight is 334 g/mol. The Labute approximate surface area is 143 Å². The molecule has 1 aromatic rings. The Morgan fingerprint density at radius 1 is 1.38 bits per heavy atom. The van der Waals surface area contributed by atoms with E-state index in [-0.39, 0.29) is 23.7 Å². The molecule has 0 aromatic heterocycles. The molecule has 1 aromatic carbocycles. The van der Waals surface area contributed by atoms with Crippen molar-refractivity contribution in [2.75, 3.05) is 19.6 Å². The van der Waals surface area contributed by atoms with Gasteiger partial charge in [-0.2, -0.15) is 0 Å². The second-order valence-corrected chi connectivity index (χ2v) is 6.20. The van der Waals surface area contributed by atoms with Crippen LogP contribution in [0.3, 0.4) is 0 Å². The van der Waals surface area contributed by atoms with Crippen molar-refractivity contribution in [1.29, 1.82) is 0 Å². The van der Waals surface area contributed by atoms with E-state index in [1.807, 2.05) is 19.9 Å². The number of aliphatic imine (C=N–C) groups is 1. The lowest BCUT2D eigenvalue weighted by atomic mass is 10.1. The maximum absolute atomic E-state index is 13.7. The minimum atomic E-state index is -0.203. The number of nitrogens with one attached hydrogen (secondary N) is 3. The summed E-state index contributed by atoms with van der Waals surface area (Å²) in [5.74, 6) is 0.806. The molecule has 1 atom stereocenters. The first-order valence-electron chi connectivity index (χ1n) is 8.60. The lowest BCUT2D eigenvalue weighted by molar-refractivity contribution is -0.122. The van der Waals surface area contributed by atoms with Gasteiger partial charge in [0.15, 0.2) is 5.96 Å². The monoisotopic (exact) mass is 334 g/mol. The maximum Gasteiger partial charge on any atom is 0.223 e. The highest BCUT2D eigenvalue weighted by atomic mass is 19.1. The first-order chi connectivity index (χ1) is 11.5. The van der Waals surface area contributed by atoms with Crippen molar-refractivity contribution in [3.05, 3.63) is 35.1 Å². The number of rotatable bonds is 7. The van der Waals surface area contributed by atoms with E-state index >= 15 is 0 Å². The smallest absolute Gasteiger partial charge is 0.223 e. The Kier molecular flexibility index (Phi) is 6.58. The number of amides is 1. The van der Waals surface area contributed by atoms with Crippen LogP contribution in [0.15, 0.2) is 23.2 Å². The predicted molar refractivity (Wildman–Crippen MR) is 94.4 cm³/mol. The molecule has 0 aliphatic heterocycles. The zero-order valence-corrected chi connectivity index (χ0v) is 14.7. The van der Waals surface area contributed by atoms with Gasteiger partial charge in [-0.3, -0.25) is 9.79 Å². The van der Waals surface area contributed by atoms with Gasteiger partial charge < -0.3 is 16.0 Å². The van der Waals surface area contributed by atoms with E-state index in [0.717, 1.165) is 24.9 Å². The fourth-order valence-corrected chi connectivity index (χ4v) is 2.32. The molecule has 2 rings (SSSR count). The predicted octanol–water partition coefficient (Wildman–Crippen LogP) is 2.28. The van der Waals surface area contributed by atoms with E-state index in [4.69, 9.17) is 0 Å². The van der Waals surface area contributed by atoms with Crippen LogP contribution in [0.25, 0.3) is 0 Å². The number of carbonyl (C=O) groups is 1. The highest BCUT2D eigenvalue weighted by Crippen LogP contribution is 2.28. The first kappa shape index (κ1) is 18.2. The molecule has 1 amide bonds. The summed E-state index contributed by atoms with van der Waals surface area (Å²) < 4.78 is 13.7. The highest BCUT2D eigenvalue weighted by Gasteiger charge is 2.28. The molecule has 6 heteroatoms. The van der Waals surface area contributed by atoms with Crippen molar-refractivity contribution in [2.45, 2.75) is 39.7 Å². The number of benzene rings is 1. The van der Waals surface area contributed by atoms with Crippen LogP contribution >= 0.6 is 0 Å². The van der Waals surface area contributed by atoms with Crippen molar-refractivity contribution < 1.29 is 9.18 Å². The lowest BCUT2D eigenvalue weighted by Gasteiger charge is -2.18. The molecule has 1 fully saturated rings. The van der Waals surface area contributed by atoms with Crippen LogP contribution in [0.4, 0.5) is 4.39 Å². The Bertz CT molecular complexity index is 599. The lowest BCUT2D eigenvalue weighted by Crippen LogP contribution is -2.39. The molecule has 3 N–H and O–H groups in total. The van der Waals surface area contributed by atoms with E-state index in [9.17, 15) is 9.18 Å². The molecule has 1 unspecified atom stereocenters. The van der Waals surface area contributed by atoms with Crippen LogP contribution in [0.5, 0.6) is 0 Å². The Morgan fingerprint density at radius 2 is 2.12 bits per heavy atom. The van der Waals surface area contributed by atoms with Gasteiger partial charge in [-0.25, -0.2) is 4.39 Å². The third-order valence-electron chi connectivity index (χ3n) is 4.02. The van der Waals surface area contributed by atoms with Crippen LogP contribution < -0.4 is 16.0 Å². The van der Waals surface area contributed by atoms with Crippen molar-refractivity contribution >= 4 is 11.9 Å². The molecule has 1 saturated carbocycles. The number of halogens is 1. The van der Waals surface area contributed by atoms with Gasteiger partial charge >= 0.3 is 0 Å². The SMILES string of the molecule is CCNC(=NCCNC(=O)C1CC1)NC(C)c1ccc(C)c(F)c1. The number of hydrogen-bond acceptors (Lipinski definition) is 2. The van der Waals surface area contributed by atoms with Gasteiger partial charge in [-0.15, -0.1) is 0 Å². The first-order valence-corrected chi connectivity index (χ1v) is 8.60. The van der Waals surface area contributed by atoms with Crippen LogP contribution in [-0.2, 0) is 4.79 Å². The quantitative estimate of drug-likeness (QED) is 0.407. The molecular formula is C18H27FN4O. The number of nitrogens with zero attached hydrogens (tertiary/aromatic N) is 1. The minimum Gasteiger partial charge on any atom is -0.357 e. The Balaban J connectivity index is 1.87. The van der Waals surface area contributed by atoms with E-state index in [2.05, 4.69) is 20.9 Å². The normalized spacial score (nSPS) is 15.8. The summed E-state index contributed by atoms with van der Waals surface area (Å²) >= 11 is 0. The van der Waals surface area contributed by atoms with E-state index in [1.165, 1.54) is 0 Å². The minimum absolute atomic E-state index is 0.0704. The average Bonchev–Trinajstić information content (AvgIpc) is 3.38. The zero-order valence-electron chi connectivity index (χ0n) is 14.7. The van der Waals surface area contributed by atoms with Gasteiger partial charge in [-0.1, -0.05) is 12.1 Å².